The Bertz CT molecular complexity index is 900. The molecular formula is C30H40O3Si. The number of hydrogen-bond donors (Lipinski definition) is 0. The van der Waals surface area contributed by atoms with Crippen molar-refractivity contribution in [2.24, 2.45) is 5.92 Å². The Kier molecular flexibility index (Phi) is 10.1. The van der Waals surface area contributed by atoms with E-state index in [4.69, 9.17) is 13.9 Å². The molecule has 0 aromatic heterocycles. The van der Waals surface area contributed by atoms with Crippen molar-refractivity contribution < 1.29 is 13.9 Å². The molecule has 0 aliphatic rings. The fourth-order valence-electron chi connectivity index (χ4n) is 4.54. The summed E-state index contributed by atoms with van der Waals surface area (Å²) < 4.78 is 18.4. The molecule has 0 aliphatic carbocycles. The van der Waals surface area contributed by atoms with Crippen molar-refractivity contribution in [3.05, 3.63) is 96.6 Å². The molecule has 3 aromatic carbocycles. The molecule has 3 rings (SSSR count). The van der Waals surface area contributed by atoms with E-state index in [1.807, 2.05) is 18.2 Å². The fourth-order valence-corrected chi connectivity index (χ4v) is 9.15. The molecule has 0 amide bonds. The zero-order valence-corrected chi connectivity index (χ0v) is 22.2. The molecule has 0 bridgehead atoms. The average molecular weight is 477 g/mol. The van der Waals surface area contributed by atoms with Gasteiger partial charge in [-0.05, 0) is 39.7 Å². The lowest BCUT2D eigenvalue weighted by Crippen LogP contribution is -2.66. The first-order valence-corrected chi connectivity index (χ1v) is 14.3. The van der Waals surface area contributed by atoms with Gasteiger partial charge < -0.3 is 13.9 Å². The highest BCUT2D eigenvalue weighted by molar-refractivity contribution is 6.99. The summed E-state index contributed by atoms with van der Waals surface area (Å²) in [5.41, 5.74) is 1.17. The van der Waals surface area contributed by atoms with Gasteiger partial charge in [0.1, 0.15) is 6.79 Å². The Labute approximate surface area is 207 Å². The molecule has 4 heteroatoms. The molecule has 182 valence electrons. The molecule has 3 nitrogen and oxygen atoms in total. The van der Waals surface area contributed by atoms with Crippen molar-refractivity contribution >= 4 is 18.7 Å². The van der Waals surface area contributed by atoms with Gasteiger partial charge in [-0.1, -0.05) is 119 Å². The quantitative estimate of drug-likeness (QED) is 0.168. The van der Waals surface area contributed by atoms with E-state index in [-0.39, 0.29) is 5.04 Å². The first-order valence-electron chi connectivity index (χ1n) is 12.4. The molecule has 0 saturated carbocycles. The summed E-state index contributed by atoms with van der Waals surface area (Å²) in [5.74, 6) is 0.461. The van der Waals surface area contributed by atoms with E-state index in [9.17, 15) is 0 Å². The summed E-state index contributed by atoms with van der Waals surface area (Å²) >= 11 is 0. The molecule has 0 unspecified atom stereocenters. The third-order valence-electron chi connectivity index (χ3n) is 6.26. The van der Waals surface area contributed by atoms with Crippen molar-refractivity contribution in [3.63, 3.8) is 0 Å². The second-order valence-electron chi connectivity index (χ2n) is 10.1. The topological polar surface area (TPSA) is 27.7 Å². The lowest BCUT2D eigenvalue weighted by molar-refractivity contribution is -0.0710. The predicted molar refractivity (Wildman–Crippen MR) is 144 cm³/mol. The zero-order chi connectivity index (χ0) is 24.3. The van der Waals surface area contributed by atoms with Gasteiger partial charge in [-0.2, -0.15) is 0 Å². The normalized spacial score (nSPS) is 13.1. The van der Waals surface area contributed by atoms with Crippen molar-refractivity contribution in [2.75, 3.05) is 20.0 Å². The molecule has 0 spiro atoms. The molecule has 0 heterocycles. The minimum Gasteiger partial charge on any atom is -0.407 e. The van der Waals surface area contributed by atoms with Gasteiger partial charge >= 0.3 is 0 Å². The Hall–Kier alpha value is -2.24. The van der Waals surface area contributed by atoms with E-state index in [1.54, 1.807) is 0 Å². The maximum absolute atomic E-state index is 6.98. The second-order valence-corrected chi connectivity index (χ2v) is 14.4. The fraction of sp³-hybridized carbons (Fsp3) is 0.400. The lowest BCUT2D eigenvalue weighted by atomic mass is 10.1. The number of benzene rings is 3. The van der Waals surface area contributed by atoms with Crippen molar-refractivity contribution in [1.82, 2.24) is 0 Å². The molecule has 0 radical (unpaired) electrons. The van der Waals surface area contributed by atoms with E-state index in [1.165, 1.54) is 15.9 Å². The van der Waals surface area contributed by atoms with Crippen LogP contribution in [0.15, 0.2) is 91.0 Å². The van der Waals surface area contributed by atoms with Crippen LogP contribution in [-0.2, 0) is 20.5 Å². The van der Waals surface area contributed by atoms with E-state index < -0.39 is 8.32 Å². The maximum atomic E-state index is 6.98. The Morgan fingerprint density at radius 3 is 1.79 bits per heavy atom. The minimum atomic E-state index is -2.44. The van der Waals surface area contributed by atoms with Crippen LogP contribution >= 0.6 is 0 Å². The second kappa shape index (κ2) is 13.0. The minimum absolute atomic E-state index is 0.0144. The first kappa shape index (κ1) is 26.4. The van der Waals surface area contributed by atoms with Crippen LogP contribution in [0.2, 0.25) is 5.04 Å². The predicted octanol–water partition coefficient (Wildman–Crippen LogP) is 6.17. The summed E-state index contributed by atoms with van der Waals surface area (Å²) in [6.07, 6.45) is 2.08. The molecule has 0 N–H and O–H groups in total. The summed E-state index contributed by atoms with van der Waals surface area (Å²) in [6, 6.07) is 31.9. The smallest absolute Gasteiger partial charge is 0.261 e. The van der Waals surface area contributed by atoms with E-state index in [2.05, 4.69) is 100 Å². The zero-order valence-electron chi connectivity index (χ0n) is 21.2. The van der Waals surface area contributed by atoms with E-state index >= 15 is 0 Å². The van der Waals surface area contributed by atoms with Crippen LogP contribution < -0.4 is 10.4 Å². The molecular weight excluding hydrogens is 436 g/mol. The van der Waals surface area contributed by atoms with Crippen LogP contribution in [0, 0.1) is 5.92 Å². The van der Waals surface area contributed by atoms with E-state index in [0.717, 1.165) is 19.4 Å². The molecule has 0 saturated heterocycles. The Balaban J connectivity index is 1.52. The van der Waals surface area contributed by atoms with Gasteiger partial charge in [0.05, 0.1) is 13.2 Å². The van der Waals surface area contributed by atoms with Gasteiger partial charge in [-0.3, -0.25) is 0 Å². The van der Waals surface area contributed by atoms with Crippen LogP contribution in [0.1, 0.15) is 46.1 Å². The lowest BCUT2D eigenvalue weighted by Gasteiger charge is -2.43. The summed E-state index contributed by atoms with van der Waals surface area (Å²) in [7, 11) is -2.44. The highest BCUT2D eigenvalue weighted by atomic mass is 28.4. The Morgan fingerprint density at radius 1 is 0.735 bits per heavy atom. The first-order chi connectivity index (χ1) is 16.4. The summed E-state index contributed by atoms with van der Waals surface area (Å²) in [6.45, 7) is 11.6. The monoisotopic (exact) mass is 476 g/mol. The van der Waals surface area contributed by atoms with Crippen LogP contribution in [0.5, 0.6) is 0 Å². The third kappa shape index (κ3) is 7.13. The number of rotatable bonds is 13. The van der Waals surface area contributed by atoms with Gasteiger partial charge in [-0.15, -0.1) is 0 Å². The largest absolute Gasteiger partial charge is 0.407 e. The van der Waals surface area contributed by atoms with Crippen molar-refractivity contribution in [2.45, 2.75) is 52.2 Å². The molecule has 1 atom stereocenters. The SMILES string of the molecule is C[C@H](CCCO[Si](c1ccccc1)(c1ccccc1)C(C)(C)C)COCOCc1ccccc1. The van der Waals surface area contributed by atoms with E-state index in [0.29, 0.717) is 25.9 Å². The Morgan fingerprint density at radius 2 is 1.26 bits per heavy atom. The average Bonchev–Trinajstić information content (AvgIpc) is 2.85. The van der Waals surface area contributed by atoms with Gasteiger partial charge in [0.15, 0.2) is 0 Å². The third-order valence-corrected chi connectivity index (χ3v) is 11.3. The van der Waals surface area contributed by atoms with Crippen molar-refractivity contribution in [3.8, 4) is 0 Å². The van der Waals surface area contributed by atoms with Crippen LogP contribution in [0.3, 0.4) is 0 Å². The maximum Gasteiger partial charge on any atom is 0.261 e. The molecule has 0 fully saturated rings. The highest BCUT2D eigenvalue weighted by Gasteiger charge is 2.49. The van der Waals surface area contributed by atoms with Gasteiger partial charge in [0, 0.05) is 6.61 Å². The summed E-state index contributed by atoms with van der Waals surface area (Å²) in [5, 5.41) is 2.68. The molecule has 34 heavy (non-hydrogen) atoms. The van der Waals surface area contributed by atoms with Gasteiger partial charge in [0.25, 0.3) is 8.32 Å². The van der Waals surface area contributed by atoms with Crippen molar-refractivity contribution in [1.29, 1.82) is 0 Å². The van der Waals surface area contributed by atoms with Gasteiger partial charge in [0.2, 0.25) is 0 Å². The molecule has 0 aliphatic heterocycles. The number of hydrogen-bond acceptors (Lipinski definition) is 3. The highest BCUT2D eigenvalue weighted by Crippen LogP contribution is 2.36. The van der Waals surface area contributed by atoms with Crippen LogP contribution in [0.4, 0.5) is 0 Å². The van der Waals surface area contributed by atoms with Crippen LogP contribution in [0.25, 0.3) is 0 Å². The summed E-state index contributed by atoms with van der Waals surface area (Å²) in [4.78, 5) is 0. The van der Waals surface area contributed by atoms with Crippen LogP contribution in [-0.4, -0.2) is 28.3 Å². The standard InChI is InChI=1S/C30H40O3Si/c1-26(23-31-25-32-24-27-16-8-5-9-17-27)15-14-22-33-34(30(2,3)4,28-18-10-6-11-19-28)29-20-12-7-13-21-29/h5-13,16-21,26H,14-15,22-25H2,1-4H3/t26-/m1/s1. The molecule has 3 aromatic rings. The number of ether oxygens (including phenoxy) is 2. The van der Waals surface area contributed by atoms with Gasteiger partial charge in [-0.25, -0.2) is 0 Å².